The first-order valence-corrected chi connectivity index (χ1v) is 14.7. The van der Waals surface area contributed by atoms with Gasteiger partial charge in [0.15, 0.2) is 0 Å². The number of hydrogen-bond acceptors (Lipinski definition) is 1. The first-order valence-electron chi connectivity index (χ1n) is 14.7. The fourth-order valence-corrected chi connectivity index (χ4v) is 7.47. The van der Waals surface area contributed by atoms with Crippen LogP contribution < -0.4 is 4.74 Å². The highest BCUT2D eigenvalue weighted by Crippen LogP contribution is 2.51. The first kappa shape index (κ1) is 23.6. The molecule has 0 bridgehead atoms. The van der Waals surface area contributed by atoms with Gasteiger partial charge < -0.3 is 4.74 Å². The van der Waals surface area contributed by atoms with Crippen molar-refractivity contribution in [2.75, 3.05) is 0 Å². The minimum absolute atomic E-state index is 0.0261. The van der Waals surface area contributed by atoms with Crippen molar-refractivity contribution in [2.45, 2.75) is 19.3 Å². The summed E-state index contributed by atoms with van der Waals surface area (Å²) in [6, 6.07) is 48.7. The summed E-state index contributed by atoms with van der Waals surface area (Å²) >= 11 is 0. The highest BCUT2D eigenvalue weighted by Gasteiger charge is 2.35. The van der Waals surface area contributed by atoms with Crippen LogP contribution in [0.5, 0.6) is 11.5 Å². The molecule has 0 N–H and O–H groups in total. The number of benzene rings is 7. The Morgan fingerprint density at radius 1 is 0.405 bits per heavy atom. The summed E-state index contributed by atoms with van der Waals surface area (Å²) < 4.78 is 6.38. The molecule has 1 nitrogen and oxygen atoms in total. The van der Waals surface area contributed by atoms with Crippen LogP contribution in [0, 0.1) is 0 Å². The number of rotatable bonds is 2. The van der Waals surface area contributed by atoms with Crippen LogP contribution in [0.3, 0.4) is 0 Å². The van der Waals surface area contributed by atoms with Crippen molar-refractivity contribution in [1.29, 1.82) is 0 Å². The molecule has 198 valence electrons. The second kappa shape index (κ2) is 8.44. The maximum Gasteiger partial charge on any atom is 0.135 e. The molecule has 2 aliphatic rings. The fraction of sp³-hybridized carbons (Fsp3) is 0.0732. The quantitative estimate of drug-likeness (QED) is 0.213. The zero-order valence-electron chi connectivity index (χ0n) is 23.6. The van der Waals surface area contributed by atoms with E-state index in [4.69, 9.17) is 4.74 Å². The summed E-state index contributed by atoms with van der Waals surface area (Å²) in [6.45, 7) is 4.70. The van der Waals surface area contributed by atoms with E-state index in [0.717, 1.165) is 17.1 Å². The Bertz CT molecular complexity index is 2250. The Morgan fingerprint density at radius 3 is 1.88 bits per heavy atom. The Balaban J connectivity index is 1.24. The van der Waals surface area contributed by atoms with E-state index in [1.54, 1.807) is 0 Å². The SMILES string of the molecule is CC1(C)c2ccccc2-c2ccc(-c3ccc(-c4ccc5c6c(cccc46)-c4ccccc4O5)c4ccccc34)cc21. The molecule has 0 radical (unpaired) electrons. The molecule has 0 atom stereocenters. The molecule has 0 amide bonds. The normalized spacial score (nSPS) is 13.9. The van der Waals surface area contributed by atoms with Crippen molar-refractivity contribution in [3.8, 4) is 56.0 Å². The predicted octanol–water partition coefficient (Wildman–Crippen LogP) is 11.4. The standard InChI is InChI=1S/C41H28O/c1-41(2)36-16-7-5-12-31(36)32-19-18-25(24-37(32)41)26-20-21-29(28-11-4-3-10-27(26)28)30-22-23-39-40-34(30)14-9-15-35(40)33-13-6-8-17-38(33)42-39/h3-24H,1-2H3. The Labute approximate surface area is 245 Å². The van der Waals surface area contributed by atoms with E-state index < -0.39 is 0 Å². The van der Waals surface area contributed by atoms with Gasteiger partial charge in [0.2, 0.25) is 0 Å². The van der Waals surface area contributed by atoms with Gasteiger partial charge in [0, 0.05) is 16.4 Å². The van der Waals surface area contributed by atoms with Gasteiger partial charge in [0.25, 0.3) is 0 Å². The molecule has 0 spiro atoms. The van der Waals surface area contributed by atoms with E-state index in [1.807, 2.05) is 6.07 Å². The molecule has 7 aromatic carbocycles. The van der Waals surface area contributed by atoms with Crippen LogP contribution in [0.15, 0.2) is 133 Å². The summed E-state index contributed by atoms with van der Waals surface area (Å²) in [7, 11) is 0. The second-order valence-electron chi connectivity index (χ2n) is 12.1. The van der Waals surface area contributed by atoms with E-state index in [9.17, 15) is 0 Å². The van der Waals surface area contributed by atoms with E-state index in [-0.39, 0.29) is 5.41 Å². The van der Waals surface area contributed by atoms with Gasteiger partial charge in [-0.25, -0.2) is 0 Å². The molecule has 0 fully saturated rings. The van der Waals surface area contributed by atoms with Gasteiger partial charge in [-0.2, -0.15) is 0 Å². The minimum Gasteiger partial charge on any atom is -0.456 e. The Hall–Kier alpha value is -5.14. The Morgan fingerprint density at radius 2 is 1.00 bits per heavy atom. The number of ether oxygens (including phenoxy) is 1. The van der Waals surface area contributed by atoms with Crippen LogP contribution in [0.4, 0.5) is 0 Å². The van der Waals surface area contributed by atoms with Crippen LogP contribution in [0.2, 0.25) is 0 Å². The molecule has 1 aliphatic carbocycles. The first-order chi connectivity index (χ1) is 20.6. The van der Waals surface area contributed by atoms with Crippen molar-refractivity contribution >= 4 is 21.5 Å². The number of para-hydroxylation sites is 1. The van der Waals surface area contributed by atoms with E-state index >= 15 is 0 Å². The third kappa shape index (κ3) is 3.14. The fourth-order valence-electron chi connectivity index (χ4n) is 7.47. The average molecular weight is 537 g/mol. The monoisotopic (exact) mass is 536 g/mol. The molecule has 0 unspecified atom stereocenters. The lowest BCUT2D eigenvalue weighted by Crippen LogP contribution is -2.14. The highest BCUT2D eigenvalue weighted by atomic mass is 16.5. The summed E-state index contributed by atoms with van der Waals surface area (Å²) in [5, 5.41) is 4.93. The van der Waals surface area contributed by atoms with Crippen molar-refractivity contribution < 1.29 is 4.74 Å². The van der Waals surface area contributed by atoms with Gasteiger partial charge in [0.1, 0.15) is 11.5 Å². The highest BCUT2D eigenvalue weighted by molar-refractivity contribution is 6.14. The molecule has 1 heteroatoms. The molecule has 1 heterocycles. The minimum atomic E-state index is -0.0261. The lowest BCUT2D eigenvalue weighted by molar-refractivity contribution is 0.487. The van der Waals surface area contributed by atoms with Gasteiger partial charge in [-0.15, -0.1) is 0 Å². The van der Waals surface area contributed by atoms with Crippen LogP contribution in [0.25, 0.3) is 66.1 Å². The van der Waals surface area contributed by atoms with E-state index in [0.29, 0.717) is 0 Å². The molecule has 0 saturated heterocycles. The van der Waals surface area contributed by atoms with Gasteiger partial charge in [-0.05, 0) is 84.4 Å². The molecular formula is C41H28O. The number of hydrogen-bond donors (Lipinski definition) is 0. The molecule has 9 rings (SSSR count). The molecule has 42 heavy (non-hydrogen) atoms. The van der Waals surface area contributed by atoms with Gasteiger partial charge in [-0.1, -0.05) is 129 Å². The Kier molecular flexibility index (Phi) is 4.73. The maximum atomic E-state index is 6.38. The van der Waals surface area contributed by atoms with Crippen molar-refractivity contribution in [2.24, 2.45) is 0 Å². The molecule has 0 saturated carbocycles. The molecule has 0 aromatic heterocycles. The van der Waals surface area contributed by atoms with Crippen LogP contribution in [-0.2, 0) is 5.41 Å². The van der Waals surface area contributed by atoms with Crippen molar-refractivity contribution in [1.82, 2.24) is 0 Å². The van der Waals surface area contributed by atoms with Crippen LogP contribution in [0.1, 0.15) is 25.0 Å². The van der Waals surface area contributed by atoms with Crippen molar-refractivity contribution in [3.63, 3.8) is 0 Å². The van der Waals surface area contributed by atoms with Gasteiger partial charge in [-0.3, -0.25) is 0 Å². The molecular weight excluding hydrogens is 508 g/mol. The summed E-state index contributed by atoms with van der Waals surface area (Å²) in [5.41, 5.74) is 12.9. The van der Waals surface area contributed by atoms with E-state index in [1.165, 1.54) is 71.6 Å². The average Bonchev–Trinajstić information content (AvgIpc) is 3.27. The lowest BCUT2D eigenvalue weighted by atomic mass is 9.81. The third-order valence-electron chi connectivity index (χ3n) is 9.51. The molecule has 7 aromatic rings. The van der Waals surface area contributed by atoms with Gasteiger partial charge in [0.05, 0.1) is 0 Å². The van der Waals surface area contributed by atoms with E-state index in [2.05, 4.69) is 141 Å². The number of fused-ring (bicyclic) bond motifs is 6. The topological polar surface area (TPSA) is 9.23 Å². The molecule has 1 aliphatic heterocycles. The smallest absolute Gasteiger partial charge is 0.135 e. The largest absolute Gasteiger partial charge is 0.456 e. The third-order valence-corrected chi connectivity index (χ3v) is 9.51. The van der Waals surface area contributed by atoms with Crippen molar-refractivity contribution in [3.05, 3.63) is 145 Å². The van der Waals surface area contributed by atoms with Gasteiger partial charge >= 0.3 is 0 Å². The zero-order valence-corrected chi connectivity index (χ0v) is 23.6. The van der Waals surface area contributed by atoms with Crippen LogP contribution >= 0.6 is 0 Å². The van der Waals surface area contributed by atoms with Crippen LogP contribution in [-0.4, -0.2) is 0 Å². The summed E-state index contributed by atoms with van der Waals surface area (Å²) in [5.74, 6) is 1.84. The summed E-state index contributed by atoms with van der Waals surface area (Å²) in [4.78, 5) is 0. The zero-order chi connectivity index (χ0) is 28.0. The maximum absolute atomic E-state index is 6.38. The second-order valence-corrected chi connectivity index (χ2v) is 12.1. The predicted molar refractivity (Wildman–Crippen MR) is 175 cm³/mol. The summed E-state index contributed by atoms with van der Waals surface area (Å²) in [6.07, 6.45) is 0. The lowest BCUT2D eigenvalue weighted by Gasteiger charge is -2.23.